The van der Waals surface area contributed by atoms with Crippen molar-refractivity contribution in [3.05, 3.63) is 83.5 Å². The molecule has 0 radical (unpaired) electrons. The number of rotatable bonds is 6. The van der Waals surface area contributed by atoms with E-state index in [0.29, 0.717) is 6.61 Å². The lowest BCUT2D eigenvalue weighted by Crippen LogP contribution is -2.09. The normalized spacial score (nSPS) is 11.1. The van der Waals surface area contributed by atoms with Crippen LogP contribution in [0.5, 0.6) is 5.75 Å². The molecule has 0 bridgehead atoms. The van der Waals surface area contributed by atoms with Crippen LogP contribution in [0.1, 0.15) is 23.6 Å². The SMILES string of the molecule is CC=CC=CC(=O)Nc1ccc(OCc2cccc(C)c2)cc1C. The Morgan fingerprint density at radius 3 is 2.67 bits per heavy atom. The van der Waals surface area contributed by atoms with Crippen LogP contribution in [0.25, 0.3) is 0 Å². The van der Waals surface area contributed by atoms with E-state index >= 15 is 0 Å². The van der Waals surface area contributed by atoms with E-state index in [1.807, 2.05) is 56.3 Å². The average Bonchev–Trinajstić information content (AvgIpc) is 2.55. The van der Waals surface area contributed by atoms with Gasteiger partial charge in [0.2, 0.25) is 5.91 Å². The van der Waals surface area contributed by atoms with E-state index in [9.17, 15) is 4.79 Å². The molecule has 0 fully saturated rings. The molecule has 1 amide bonds. The Hall–Kier alpha value is -2.81. The van der Waals surface area contributed by atoms with Crippen LogP contribution in [0.3, 0.4) is 0 Å². The number of nitrogens with one attached hydrogen (secondary N) is 1. The number of anilines is 1. The standard InChI is InChI=1S/C21H23NO2/c1-4-5-6-10-21(23)22-20-12-11-19(14-17(20)3)24-15-18-9-7-8-16(2)13-18/h4-14H,15H2,1-3H3,(H,22,23). The van der Waals surface area contributed by atoms with Crippen molar-refractivity contribution < 1.29 is 9.53 Å². The molecule has 0 saturated carbocycles. The van der Waals surface area contributed by atoms with Gasteiger partial charge in [0.15, 0.2) is 0 Å². The minimum Gasteiger partial charge on any atom is -0.489 e. The summed E-state index contributed by atoms with van der Waals surface area (Å²) < 4.78 is 5.83. The van der Waals surface area contributed by atoms with Crippen LogP contribution in [0.2, 0.25) is 0 Å². The second kappa shape index (κ2) is 8.73. The topological polar surface area (TPSA) is 38.3 Å². The molecule has 2 rings (SSSR count). The highest BCUT2D eigenvalue weighted by Gasteiger charge is 2.04. The quantitative estimate of drug-likeness (QED) is 0.603. The molecule has 0 unspecified atom stereocenters. The van der Waals surface area contributed by atoms with Crippen LogP contribution < -0.4 is 10.1 Å². The third-order valence-electron chi connectivity index (χ3n) is 3.49. The van der Waals surface area contributed by atoms with E-state index in [4.69, 9.17) is 4.74 Å². The molecular weight excluding hydrogens is 298 g/mol. The highest BCUT2D eigenvalue weighted by molar-refractivity contribution is 5.99. The number of allylic oxidation sites excluding steroid dienone is 3. The van der Waals surface area contributed by atoms with Gasteiger partial charge in [-0.2, -0.15) is 0 Å². The first-order valence-electron chi connectivity index (χ1n) is 7.98. The maximum Gasteiger partial charge on any atom is 0.248 e. The molecule has 0 aliphatic carbocycles. The van der Waals surface area contributed by atoms with Gasteiger partial charge in [0.1, 0.15) is 12.4 Å². The van der Waals surface area contributed by atoms with Crippen LogP contribution in [0.4, 0.5) is 5.69 Å². The monoisotopic (exact) mass is 321 g/mol. The largest absolute Gasteiger partial charge is 0.489 e. The van der Waals surface area contributed by atoms with E-state index < -0.39 is 0 Å². The van der Waals surface area contributed by atoms with Gasteiger partial charge in [-0.15, -0.1) is 0 Å². The van der Waals surface area contributed by atoms with Gasteiger partial charge in [-0.05, 0) is 50.1 Å². The number of amides is 1. The number of benzene rings is 2. The van der Waals surface area contributed by atoms with Crippen molar-refractivity contribution >= 4 is 11.6 Å². The lowest BCUT2D eigenvalue weighted by Gasteiger charge is -2.11. The Labute approximate surface area is 143 Å². The summed E-state index contributed by atoms with van der Waals surface area (Å²) in [6, 6.07) is 13.9. The zero-order valence-corrected chi connectivity index (χ0v) is 14.4. The predicted molar refractivity (Wildman–Crippen MR) is 99.3 cm³/mol. The molecule has 0 aliphatic rings. The minimum absolute atomic E-state index is 0.148. The molecule has 3 heteroatoms. The molecule has 0 spiro atoms. The van der Waals surface area contributed by atoms with Crippen molar-refractivity contribution in [2.45, 2.75) is 27.4 Å². The Kier molecular flexibility index (Phi) is 6.38. The molecule has 24 heavy (non-hydrogen) atoms. The van der Waals surface area contributed by atoms with Crippen molar-refractivity contribution in [2.24, 2.45) is 0 Å². The van der Waals surface area contributed by atoms with Gasteiger partial charge in [-0.1, -0.05) is 48.1 Å². The molecule has 0 aliphatic heterocycles. The number of carbonyl (C=O) groups excluding carboxylic acids is 1. The number of carbonyl (C=O) groups is 1. The van der Waals surface area contributed by atoms with Gasteiger partial charge in [-0.3, -0.25) is 4.79 Å². The van der Waals surface area contributed by atoms with Gasteiger partial charge in [0, 0.05) is 11.8 Å². The molecule has 3 nitrogen and oxygen atoms in total. The maximum absolute atomic E-state index is 11.8. The summed E-state index contributed by atoms with van der Waals surface area (Å²) in [5.74, 6) is 0.640. The van der Waals surface area contributed by atoms with Crippen molar-refractivity contribution in [1.82, 2.24) is 0 Å². The van der Waals surface area contributed by atoms with Crippen molar-refractivity contribution in [3.8, 4) is 5.75 Å². The average molecular weight is 321 g/mol. The van der Waals surface area contributed by atoms with Crippen LogP contribution in [-0.2, 0) is 11.4 Å². The number of hydrogen-bond donors (Lipinski definition) is 1. The first kappa shape index (κ1) is 17.5. The van der Waals surface area contributed by atoms with Gasteiger partial charge >= 0.3 is 0 Å². The summed E-state index contributed by atoms with van der Waals surface area (Å²) in [7, 11) is 0. The van der Waals surface area contributed by atoms with E-state index in [1.165, 1.54) is 11.6 Å². The lowest BCUT2D eigenvalue weighted by atomic mass is 10.1. The molecule has 0 atom stereocenters. The van der Waals surface area contributed by atoms with Crippen molar-refractivity contribution in [1.29, 1.82) is 0 Å². The third-order valence-corrected chi connectivity index (χ3v) is 3.49. The fraction of sp³-hybridized carbons (Fsp3) is 0.190. The lowest BCUT2D eigenvalue weighted by molar-refractivity contribution is -0.111. The molecule has 2 aromatic rings. The summed E-state index contributed by atoms with van der Waals surface area (Å²) in [5.41, 5.74) is 4.10. The Bertz CT molecular complexity index is 760. The molecule has 0 aromatic heterocycles. The molecule has 1 N–H and O–H groups in total. The van der Waals surface area contributed by atoms with Gasteiger partial charge < -0.3 is 10.1 Å². The minimum atomic E-state index is -0.148. The zero-order chi connectivity index (χ0) is 17.4. The van der Waals surface area contributed by atoms with Gasteiger partial charge in [0.05, 0.1) is 0 Å². The summed E-state index contributed by atoms with van der Waals surface area (Å²) in [6.07, 6.45) is 6.90. The van der Waals surface area contributed by atoms with Gasteiger partial charge in [0.25, 0.3) is 0 Å². The van der Waals surface area contributed by atoms with E-state index in [-0.39, 0.29) is 5.91 Å². The van der Waals surface area contributed by atoms with E-state index in [0.717, 1.165) is 22.6 Å². The molecule has 2 aromatic carbocycles. The second-order valence-corrected chi connectivity index (χ2v) is 5.63. The van der Waals surface area contributed by atoms with Crippen LogP contribution in [0, 0.1) is 13.8 Å². The smallest absolute Gasteiger partial charge is 0.248 e. The molecular formula is C21H23NO2. The predicted octanol–water partition coefficient (Wildman–Crippen LogP) is 4.95. The zero-order valence-electron chi connectivity index (χ0n) is 14.4. The number of hydrogen-bond acceptors (Lipinski definition) is 2. The molecule has 0 heterocycles. The molecule has 0 saturated heterocycles. The summed E-state index contributed by atoms with van der Waals surface area (Å²) in [6.45, 7) is 6.45. The van der Waals surface area contributed by atoms with Crippen LogP contribution in [-0.4, -0.2) is 5.91 Å². The van der Waals surface area contributed by atoms with Crippen molar-refractivity contribution in [3.63, 3.8) is 0 Å². The fourth-order valence-corrected chi connectivity index (χ4v) is 2.26. The van der Waals surface area contributed by atoms with E-state index in [2.05, 4.69) is 24.4 Å². The van der Waals surface area contributed by atoms with E-state index in [1.54, 1.807) is 6.08 Å². The first-order valence-corrected chi connectivity index (χ1v) is 7.98. The highest BCUT2D eigenvalue weighted by atomic mass is 16.5. The highest BCUT2D eigenvalue weighted by Crippen LogP contribution is 2.22. The Balaban J connectivity index is 1.97. The summed E-state index contributed by atoms with van der Waals surface area (Å²) in [4.78, 5) is 11.8. The molecule has 124 valence electrons. The first-order chi connectivity index (χ1) is 11.6. The summed E-state index contributed by atoms with van der Waals surface area (Å²) >= 11 is 0. The summed E-state index contributed by atoms with van der Waals surface area (Å²) in [5, 5.41) is 2.86. The number of aryl methyl sites for hydroxylation is 2. The fourth-order valence-electron chi connectivity index (χ4n) is 2.26. The van der Waals surface area contributed by atoms with Crippen LogP contribution >= 0.6 is 0 Å². The van der Waals surface area contributed by atoms with Crippen molar-refractivity contribution in [2.75, 3.05) is 5.32 Å². The number of ether oxygens (including phenoxy) is 1. The maximum atomic E-state index is 11.8. The Morgan fingerprint density at radius 2 is 1.96 bits per heavy atom. The van der Waals surface area contributed by atoms with Crippen LogP contribution in [0.15, 0.2) is 66.8 Å². The Morgan fingerprint density at radius 1 is 1.12 bits per heavy atom. The third kappa shape index (κ3) is 5.43. The van der Waals surface area contributed by atoms with Gasteiger partial charge in [-0.25, -0.2) is 0 Å². The second-order valence-electron chi connectivity index (χ2n) is 5.63.